The lowest BCUT2D eigenvalue weighted by Gasteiger charge is -2.08. The van der Waals surface area contributed by atoms with Gasteiger partial charge in [0.1, 0.15) is 11.2 Å². The van der Waals surface area contributed by atoms with E-state index in [4.69, 9.17) is 4.42 Å². The van der Waals surface area contributed by atoms with E-state index in [1.54, 1.807) is 0 Å². The molecule has 0 aliphatic heterocycles. The summed E-state index contributed by atoms with van der Waals surface area (Å²) in [6.45, 7) is 0. The molecule has 6 aromatic carbocycles. The van der Waals surface area contributed by atoms with Gasteiger partial charge in [-0.15, -0.1) is 0 Å². The molecule has 39 heavy (non-hydrogen) atoms. The highest BCUT2D eigenvalue weighted by Crippen LogP contribution is 2.47. The predicted octanol–water partition coefficient (Wildman–Crippen LogP) is 9.83. The zero-order valence-corrected chi connectivity index (χ0v) is 20.8. The average Bonchev–Trinajstić information content (AvgIpc) is 3.71. The Hall–Kier alpha value is -5.28. The molecule has 0 fully saturated rings. The first-order valence-electron chi connectivity index (χ1n) is 13.4. The van der Waals surface area contributed by atoms with Gasteiger partial charge < -0.3 is 13.4 Å². The molecule has 0 N–H and O–H groups in total. The number of hydrogen-bond donors (Lipinski definition) is 0. The summed E-state index contributed by atoms with van der Waals surface area (Å²) in [5.41, 5.74) is 9.23. The molecule has 0 saturated carbocycles. The summed E-state index contributed by atoms with van der Waals surface area (Å²) in [6.07, 6.45) is 0. The van der Waals surface area contributed by atoms with Crippen molar-refractivity contribution in [3.8, 4) is 5.69 Å². The van der Waals surface area contributed by atoms with Gasteiger partial charge >= 0.3 is 0 Å². The number of benzene rings is 6. The standard InChI is InChI=1S/C36H20N2O/c1-2-10-21(11-3-1)37-28-15-7-4-13-23(28)34-31(37)19-27-25-20-33-26(22-12-6-9-17-32(22)39-33)18-30(25)38-29-16-8-5-14-24(29)35(34)36(27)38/h1-20H. The normalized spacial score (nSPS) is 12.6. The maximum Gasteiger partial charge on any atom is 0.136 e. The van der Waals surface area contributed by atoms with Crippen LogP contribution < -0.4 is 0 Å². The quantitative estimate of drug-likeness (QED) is 0.222. The monoisotopic (exact) mass is 496 g/mol. The fourth-order valence-corrected chi connectivity index (χ4v) is 7.08. The van der Waals surface area contributed by atoms with E-state index in [0.29, 0.717) is 0 Å². The third-order valence-corrected chi connectivity index (χ3v) is 8.61. The molecule has 0 aliphatic rings. The molecule has 10 rings (SSSR count). The molecule has 0 amide bonds. The van der Waals surface area contributed by atoms with E-state index < -0.39 is 0 Å². The fourth-order valence-electron chi connectivity index (χ4n) is 7.08. The van der Waals surface area contributed by atoms with Gasteiger partial charge in [-0.05, 0) is 48.5 Å². The van der Waals surface area contributed by atoms with E-state index in [2.05, 4.69) is 124 Å². The van der Waals surface area contributed by atoms with E-state index in [1.807, 2.05) is 6.07 Å². The van der Waals surface area contributed by atoms with Crippen LogP contribution in [0.1, 0.15) is 0 Å². The number of fused-ring (bicyclic) bond motifs is 13. The van der Waals surface area contributed by atoms with E-state index in [0.717, 1.165) is 21.9 Å². The summed E-state index contributed by atoms with van der Waals surface area (Å²) in [5, 5.41) is 9.99. The number of para-hydroxylation sites is 4. The molecule has 0 unspecified atom stereocenters. The first-order chi connectivity index (χ1) is 19.4. The number of hydrogen-bond acceptors (Lipinski definition) is 1. The zero-order chi connectivity index (χ0) is 25.2. The molecule has 3 nitrogen and oxygen atoms in total. The molecule has 0 bridgehead atoms. The minimum atomic E-state index is 0.929. The predicted molar refractivity (Wildman–Crippen MR) is 163 cm³/mol. The molecule has 180 valence electrons. The van der Waals surface area contributed by atoms with Crippen molar-refractivity contribution in [2.45, 2.75) is 0 Å². The molecule has 4 aromatic heterocycles. The summed E-state index contributed by atoms with van der Waals surface area (Å²) in [4.78, 5) is 0. The third-order valence-electron chi connectivity index (χ3n) is 8.61. The van der Waals surface area contributed by atoms with Gasteiger partial charge in [0.2, 0.25) is 0 Å². The molecular weight excluding hydrogens is 476 g/mol. The Morgan fingerprint density at radius 1 is 0.410 bits per heavy atom. The molecule has 0 saturated heterocycles. The van der Waals surface area contributed by atoms with Gasteiger partial charge in [0.25, 0.3) is 0 Å². The zero-order valence-electron chi connectivity index (χ0n) is 20.8. The van der Waals surface area contributed by atoms with Crippen molar-refractivity contribution in [1.29, 1.82) is 0 Å². The lowest BCUT2D eigenvalue weighted by molar-refractivity contribution is 0.669. The summed E-state index contributed by atoms with van der Waals surface area (Å²) >= 11 is 0. The van der Waals surface area contributed by atoms with E-state index in [1.165, 1.54) is 65.6 Å². The van der Waals surface area contributed by atoms with Crippen molar-refractivity contribution in [3.63, 3.8) is 0 Å². The molecule has 0 radical (unpaired) electrons. The van der Waals surface area contributed by atoms with Crippen LogP contribution in [0.25, 0.3) is 87.5 Å². The van der Waals surface area contributed by atoms with E-state index in [-0.39, 0.29) is 0 Å². The topological polar surface area (TPSA) is 22.5 Å². The van der Waals surface area contributed by atoms with Crippen molar-refractivity contribution >= 4 is 81.8 Å². The lowest BCUT2D eigenvalue weighted by atomic mass is 10.0. The van der Waals surface area contributed by atoms with Crippen LogP contribution in [0, 0.1) is 0 Å². The van der Waals surface area contributed by atoms with Gasteiger partial charge in [-0.2, -0.15) is 0 Å². The van der Waals surface area contributed by atoms with Crippen LogP contribution in [0.5, 0.6) is 0 Å². The second-order valence-electron chi connectivity index (χ2n) is 10.5. The highest BCUT2D eigenvalue weighted by molar-refractivity contribution is 6.36. The van der Waals surface area contributed by atoms with Gasteiger partial charge in [0.15, 0.2) is 0 Å². The summed E-state index contributed by atoms with van der Waals surface area (Å²) in [7, 11) is 0. The highest BCUT2D eigenvalue weighted by atomic mass is 16.3. The smallest absolute Gasteiger partial charge is 0.136 e. The minimum absolute atomic E-state index is 0.929. The van der Waals surface area contributed by atoms with Crippen LogP contribution in [0.2, 0.25) is 0 Å². The molecule has 0 aliphatic carbocycles. The van der Waals surface area contributed by atoms with Gasteiger partial charge in [0.05, 0.1) is 27.6 Å². The number of nitrogens with zero attached hydrogens (tertiary/aromatic N) is 2. The van der Waals surface area contributed by atoms with Crippen LogP contribution >= 0.6 is 0 Å². The average molecular weight is 497 g/mol. The summed E-state index contributed by atoms with van der Waals surface area (Å²) in [5.74, 6) is 0. The molecule has 0 atom stereocenters. The first-order valence-corrected chi connectivity index (χ1v) is 13.4. The molecular formula is C36H20N2O. The van der Waals surface area contributed by atoms with Crippen molar-refractivity contribution < 1.29 is 4.42 Å². The Labute approximate surface area is 222 Å². The number of rotatable bonds is 1. The Balaban J connectivity index is 1.53. The van der Waals surface area contributed by atoms with Gasteiger partial charge in [-0.3, -0.25) is 0 Å². The van der Waals surface area contributed by atoms with Crippen LogP contribution in [0.15, 0.2) is 126 Å². The Morgan fingerprint density at radius 3 is 1.92 bits per heavy atom. The molecule has 10 aromatic rings. The van der Waals surface area contributed by atoms with Crippen molar-refractivity contribution in [2.75, 3.05) is 0 Å². The maximum absolute atomic E-state index is 6.35. The molecule has 4 heterocycles. The van der Waals surface area contributed by atoms with E-state index in [9.17, 15) is 0 Å². The third kappa shape index (κ3) is 2.31. The van der Waals surface area contributed by atoms with Crippen molar-refractivity contribution in [3.05, 3.63) is 121 Å². The highest BCUT2D eigenvalue weighted by Gasteiger charge is 2.24. The second-order valence-corrected chi connectivity index (χ2v) is 10.5. The molecule has 0 spiro atoms. The lowest BCUT2D eigenvalue weighted by Crippen LogP contribution is -1.92. The summed E-state index contributed by atoms with van der Waals surface area (Å²) < 4.78 is 11.2. The largest absolute Gasteiger partial charge is 0.456 e. The summed E-state index contributed by atoms with van der Waals surface area (Å²) in [6, 6.07) is 43.7. The van der Waals surface area contributed by atoms with Crippen molar-refractivity contribution in [1.82, 2.24) is 8.97 Å². The van der Waals surface area contributed by atoms with E-state index >= 15 is 0 Å². The van der Waals surface area contributed by atoms with Gasteiger partial charge in [-0.25, -0.2) is 0 Å². The van der Waals surface area contributed by atoms with Crippen LogP contribution in [-0.2, 0) is 0 Å². The van der Waals surface area contributed by atoms with Crippen LogP contribution in [0.3, 0.4) is 0 Å². The Kier molecular flexibility index (Phi) is 3.44. The van der Waals surface area contributed by atoms with Gasteiger partial charge in [-0.1, -0.05) is 72.8 Å². The number of aromatic nitrogens is 2. The Morgan fingerprint density at radius 2 is 1.08 bits per heavy atom. The second kappa shape index (κ2) is 6.77. The first kappa shape index (κ1) is 19.8. The molecule has 3 heteroatoms. The van der Waals surface area contributed by atoms with Crippen LogP contribution in [0.4, 0.5) is 0 Å². The Bertz CT molecular complexity index is 2600. The van der Waals surface area contributed by atoms with Gasteiger partial charge in [0, 0.05) is 48.8 Å². The number of furan rings is 1. The minimum Gasteiger partial charge on any atom is -0.456 e. The maximum atomic E-state index is 6.35. The van der Waals surface area contributed by atoms with Crippen LogP contribution in [-0.4, -0.2) is 8.97 Å². The SMILES string of the molecule is c1ccc(-n2c3ccccc3c3c4c5ccccc5n5c6cc7c(cc6c(cc32)c45)oc2ccccc27)cc1. The fraction of sp³-hybridized carbons (Fsp3) is 0. The van der Waals surface area contributed by atoms with Crippen molar-refractivity contribution in [2.24, 2.45) is 0 Å².